The van der Waals surface area contributed by atoms with Crippen molar-refractivity contribution >= 4 is 6.41 Å². The quantitative estimate of drug-likeness (QED) is 0.576. The van der Waals surface area contributed by atoms with Crippen LogP contribution in [-0.2, 0) is 4.79 Å². The van der Waals surface area contributed by atoms with Crippen molar-refractivity contribution in [2.24, 2.45) is 5.41 Å². The van der Waals surface area contributed by atoms with E-state index in [1.165, 1.54) is 0 Å². The van der Waals surface area contributed by atoms with Crippen molar-refractivity contribution in [3.8, 4) is 0 Å². The second kappa shape index (κ2) is 2.73. The van der Waals surface area contributed by atoms with Crippen LogP contribution in [0.4, 0.5) is 0 Å². The van der Waals surface area contributed by atoms with Gasteiger partial charge in [-0.1, -0.05) is 0 Å². The summed E-state index contributed by atoms with van der Waals surface area (Å²) in [6, 6.07) is 0. The Morgan fingerprint density at radius 1 is 1.33 bits per heavy atom. The summed E-state index contributed by atoms with van der Waals surface area (Å²) in [5, 5.41) is 9.21. The van der Waals surface area contributed by atoms with Crippen LogP contribution < -0.4 is 0 Å². The summed E-state index contributed by atoms with van der Waals surface area (Å²) in [6.45, 7) is 1.77. The van der Waals surface area contributed by atoms with Crippen molar-refractivity contribution in [1.29, 1.82) is 0 Å². The predicted octanol–water partition coefficient (Wildman–Crippen LogP) is 0.380. The average Bonchev–Trinajstić information content (AvgIpc) is 2.04. The summed E-state index contributed by atoms with van der Waals surface area (Å²) in [4.78, 5) is 12.2. The molecule has 2 aliphatic rings. The number of carbonyl (C=O) groups excluding carboxylic acids is 1. The van der Waals surface area contributed by atoms with E-state index in [-0.39, 0.29) is 6.10 Å². The summed E-state index contributed by atoms with van der Waals surface area (Å²) >= 11 is 0. The summed E-state index contributed by atoms with van der Waals surface area (Å²) in [7, 11) is 0. The Hall–Kier alpha value is -0.570. The summed E-state index contributed by atoms with van der Waals surface area (Å²) in [5.41, 5.74) is 0.402. The Morgan fingerprint density at radius 3 is 2.33 bits per heavy atom. The molecule has 0 bridgehead atoms. The first-order valence-electron chi connectivity index (χ1n) is 4.62. The Balaban J connectivity index is 1.86. The zero-order valence-electron chi connectivity index (χ0n) is 7.20. The molecule has 1 heterocycles. The van der Waals surface area contributed by atoms with Crippen molar-refractivity contribution in [1.82, 2.24) is 4.90 Å². The molecular weight excluding hydrogens is 154 g/mol. The van der Waals surface area contributed by atoms with Crippen LogP contribution in [-0.4, -0.2) is 35.6 Å². The third-order valence-electron chi connectivity index (χ3n) is 3.35. The molecule has 1 aliphatic heterocycles. The van der Waals surface area contributed by atoms with Crippen LogP contribution in [0.1, 0.15) is 25.7 Å². The molecule has 3 nitrogen and oxygen atoms in total. The molecule has 68 valence electrons. The predicted molar refractivity (Wildman–Crippen MR) is 44.5 cm³/mol. The maximum atomic E-state index is 10.4. The number of piperidine rings is 1. The van der Waals surface area contributed by atoms with Crippen LogP contribution in [0.5, 0.6) is 0 Å². The Labute approximate surface area is 72.4 Å². The van der Waals surface area contributed by atoms with Gasteiger partial charge in [0.05, 0.1) is 6.10 Å². The monoisotopic (exact) mass is 169 g/mol. The highest BCUT2D eigenvalue weighted by atomic mass is 16.3. The van der Waals surface area contributed by atoms with E-state index in [1.54, 1.807) is 0 Å². The number of hydrogen-bond donors (Lipinski definition) is 1. The van der Waals surface area contributed by atoms with Gasteiger partial charge in [-0.3, -0.25) is 4.79 Å². The Morgan fingerprint density at radius 2 is 1.92 bits per heavy atom. The van der Waals surface area contributed by atoms with E-state index < -0.39 is 0 Å². The normalized spacial score (nSPS) is 28.6. The molecule has 1 saturated heterocycles. The van der Waals surface area contributed by atoms with E-state index in [4.69, 9.17) is 0 Å². The maximum Gasteiger partial charge on any atom is 0.209 e. The Kier molecular flexibility index (Phi) is 1.83. The van der Waals surface area contributed by atoms with Crippen LogP contribution in [0.3, 0.4) is 0 Å². The van der Waals surface area contributed by atoms with Crippen molar-refractivity contribution in [3.05, 3.63) is 0 Å². The number of aliphatic hydroxyl groups excluding tert-OH is 1. The molecule has 12 heavy (non-hydrogen) atoms. The minimum absolute atomic E-state index is 0.0622. The fraction of sp³-hybridized carbons (Fsp3) is 0.889. The molecular formula is C9H15NO2. The molecule has 0 aromatic carbocycles. The number of carbonyl (C=O) groups is 1. The lowest BCUT2D eigenvalue weighted by atomic mass is 9.61. The number of likely N-dealkylation sites (tertiary alicyclic amines) is 1. The number of aliphatic hydroxyl groups is 1. The molecule has 3 heteroatoms. The highest BCUT2D eigenvalue weighted by Crippen LogP contribution is 2.48. The van der Waals surface area contributed by atoms with Crippen molar-refractivity contribution in [3.63, 3.8) is 0 Å². The molecule has 0 atom stereocenters. The minimum Gasteiger partial charge on any atom is -0.393 e. The molecule has 0 aromatic heterocycles. The van der Waals surface area contributed by atoms with Crippen LogP contribution in [0.2, 0.25) is 0 Å². The van der Waals surface area contributed by atoms with E-state index in [0.717, 1.165) is 45.2 Å². The van der Waals surface area contributed by atoms with Gasteiger partial charge in [0.25, 0.3) is 0 Å². The molecule has 0 unspecified atom stereocenters. The van der Waals surface area contributed by atoms with Gasteiger partial charge in [0.15, 0.2) is 0 Å². The summed E-state index contributed by atoms with van der Waals surface area (Å²) < 4.78 is 0. The van der Waals surface area contributed by atoms with Crippen molar-refractivity contribution in [2.45, 2.75) is 31.8 Å². The highest BCUT2D eigenvalue weighted by molar-refractivity contribution is 5.47. The van der Waals surface area contributed by atoms with Crippen molar-refractivity contribution < 1.29 is 9.90 Å². The lowest BCUT2D eigenvalue weighted by molar-refractivity contribution is -0.124. The molecule has 2 rings (SSSR count). The fourth-order valence-electron chi connectivity index (χ4n) is 2.45. The first-order valence-corrected chi connectivity index (χ1v) is 4.62. The standard InChI is InChI=1S/C9H15NO2/c11-7-10-3-1-9(2-4-10)5-8(12)6-9/h7-8,12H,1-6H2. The van der Waals surface area contributed by atoms with Gasteiger partial charge < -0.3 is 10.0 Å². The molecule has 1 spiro atoms. The second-order valence-corrected chi connectivity index (χ2v) is 4.20. The summed E-state index contributed by atoms with van der Waals surface area (Å²) in [5.74, 6) is 0. The van der Waals surface area contributed by atoms with Gasteiger partial charge in [0, 0.05) is 13.1 Å². The SMILES string of the molecule is O=CN1CCC2(CC1)CC(O)C2. The summed E-state index contributed by atoms with van der Waals surface area (Å²) in [6.07, 6.45) is 4.96. The molecule has 2 fully saturated rings. The zero-order chi connectivity index (χ0) is 8.60. The first-order chi connectivity index (χ1) is 5.74. The van der Waals surface area contributed by atoms with Gasteiger partial charge >= 0.3 is 0 Å². The minimum atomic E-state index is -0.0622. The van der Waals surface area contributed by atoms with Gasteiger partial charge in [-0.25, -0.2) is 0 Å². The van der Waals surface area contributed by atoms with Gasteiger partial charge in [-0.2, -0.15) is 0 Å². The molecule has 1 N–H and O–H groups in total. The smallest absolute Gasteiger partial charge is 0.209 e. The van der Waals surface area contributed by atoms with E-state index in [2.05, 4.69) is 0 Å². The molecule has 1 aliphatic carbocycles. The van der Waals surface area contributed by atoms with Gasteiger partial charge in [-0.15, -0.1) is 0 Å². The lowest BCUT2D eigenvalue weighted by Crippen LogP contribution is -2.48. The van der Waals surface area contributed by atoms with Crippen LogP contribution in [0.25, 0.3) is 0 Å². The fourth-order valence-corrected chi connectivity index (χ4v) is 2.45. The maximum absolute atomic E-state index is 10.4. The van der Waals surface area contributed by atoms with Crippen molar-refractivity contribution in [2.75, 3.05) is 13.1 Å². The molecule has 1 saturated carbocycles. The van der Waals surface area contributed by atoms with Gasteiger partial charge in [0.2, 0.25) is 6.41 Å². The molecule has 1 amide bonds. The van der Waals surface area contributed by atoms with Crippen LogP contribution in [0.15, 0.2) is 0 Å². The molecule has 0 aromatic rings. The Bertz CT molecular complexity index is 177. The van der Waals surface area contributed by atoms with E-state index in [1.807, 2.05) is 4.90 Å². The lowest BCUT2D eigenvalue weighted by Gasteiger charge is -2.49. The number of rotatable bonds is 1. The van der Waals surface area contributed by atoms with E-state index in [9.17, 15) is 9.90 Å². The van der Waals surface area contributed by atoms with E-state index in [0.29, 0.717) is 5.41 Å². The largest absolute Gasteiger partial charge is 0.393 e. The number of nitrogens with zero attached hydrogens (tertiary/aromatic N) is 1. The topological polar surface area (TPSA) is 40.5 Å². The van der Waals surface area contributed by atoms with Crippen LogP contribution in [0, 0.1) is 5.41 Å². The number of hydrogen-bond acceptors (Lipinski definition) is 2. The number of amides is 1. The third kappa shape index (κ3) is 1.22. The van der Waals surface area contributed by atoms with Crippen LogP contribution >= 0.6 is 0 Å². The van der Waals surface area contributed by atoms with Gasteiger partial charge in [-0.05, 0) is 31.1 Å². The first kappa shape index (κ1) is 8.05. The molecule has 0 radical (unpaired) electrons. The zero-order valence-corrected chi connectivity index (χ0v) is 7.20. The highest BCUT2D eigenvalue weighted by Gasteiger charge is 2.44. The average molecular weight is 169 g/mol. The second-order valence-electron chi connectivity index (χ2n) is 4.20. The van der Waals surface area contributed by atoms with E-state index >= 15 is 0 Å². The third-order valence-corrected chi connectivity index (χ3v) is 3.35. The van der Waals surface area contributed by atoms with Gasteiger partial charge in [0.1, 0.15) is 0 Å².